The highest BCUT2D eigenvalue weighted by Crippen LogP contribution is 2.32. The number of hydrogen-bond acceptors (Lipinski definition) is 2. The third kappa shape index (κ3) is 2.87. The fourth-order valence-electron chi connectivity index (χ4n) is 3.75. The zero-order valence-corrected chi connectivity index (χ0v) is 16.1. The van der Waals surface area contributed by atoms with E-state index in [0.717, 1.165) is 34.0 Å². The molecule has 0 radical (unpaired) electrons. The van der Waals surface area contributed by atoms with E-state index in [4.69, 9.17) is 4.98 Å². The number of nitrogens with zero attached hydrogens (tertiary/aromatic N) is 2. The van der Waals surface area contributed by atoms with Crippen molar-refractivity contribution in [3.05, 3.63) is 102 Å². The van der Waals surface area contributed by atoms with Crippen LogP contribution in [0.1, 0.15) is 15.9 Å². The van der Waals surface area contributed by atoms with Crippen molar-refractivity contribution in [1.82, 2.24) is 9.55 Å². The van der Waals surface area contributed by atoms with Crippen LogP contribution in [0.2, 0.25) is 0 Å². The number of hydrogen-bond donors (Lipinski definition) is 0. The quantitative estimate of drug-likeness (QED) is 0.358. The van der Waals surface area contributed by atoms with Gasteiger partial charge in [0.2, 0.25) is 0 Å². The van der Waals surface area contributed by atoms with E-state index in [-0.39, 0.29) is 5.56 Å². The zero-order chi connectivity index (χ0) is 20.8. The maximum absolute atomic E-state index is 13.8. The summed E-state index contributed by atoms with van der Waals surface area (Å²) in [7, 11) is 0. The van der Waals surface area contributed by atoms with Gasteiger partial charge < -0.3 is 0 Å². The van der Waals surface area contributed by atoms with E-state index in [1.165, 1.54) is 10.6 Å². The topological polar surface area (TPSA) is 34.9 Å². The van der Waals surface area contributed by atoms with Crippen molar-refractivity contribution in [2.24, 2.45) is 0 Å². The molecule has 0 aliphatic rings. The lowest BCUT2D eigenvalue weighted by Gasteiger charge is -2.11. The lowest BCUT2D eigenvalue weighted by Crippen LogP contribution is -2.14. The summed E-state index contributed by atoms with van der Waals surface area (Å²) >= 11 is 0. The number of benzene rings is 4. The Morgan fingerprint density at radius 3 is 2.50 bits per heavy atom. The molecule has 4 aromatic carbocycles. The minimum Gasteiger partial charge on any atom is -0.268 e. The number of fused-ring (bicyclic) bond motifs is 2. The van der Waals surface area contributed by atoms with Crippen LogP contribution in [0, 0.1) is 18.6 Å². The number of rotatable bonds is 2. The van der Waals surface area contributed by atoms with Crippen LogP contribution in [0.5, 0.6) is 0 Å². The average molecular weight is 398 g/mol. The molecule has 0 atom stereocenters. The van der Waals surface area contributed by atoms with Crippen molar-refractivity contribution in [2.75, 3.05) is 0 Å². The molecule has 5 rings (SSSR count). The predicted octanol–water partition coefficient (Wildman–Crippen LogP) is 6.13. The lowest BCUT2D eigenvalue weighted by molar-refractivity contribution is 0.0965. The van der Waals surface area contributed by atoms with Crippen molar-refractivity contribution < 1.29 is 13.6 Å². The van der Waals surface area contributed by atoms with Gasteiger partial charge in [0, 0.05) is 11.1 Å². The Kier molecular flexibility index (Phi) is 4.17. The maximum Gasteiger partial charge on any atom is 0.264 e. The third-order valence-corrected chi connectivity index (χ3v) is 5.21. The van der Waals surface area contributed by atoms with E-state index in [0.29, 0.717) is 16.9 Å². The van der Waals surface area contributed by atoms with Crippen LogP contribution >= 0.6 is 0 Å². The number of aryl methyl sites for hydroxylation is 1. The normalized spacial score (nSPS) is 11.3. The van der Waals surface area contributed by atoms with Crippen molar-refractivity contribution in [3.8, 4) is 11.4 Å². The second-order valence-electron chi connectivity index (χ2n) is 7.22. The Morgan fingerprint density at radius 2 is 1.67 bits per heavy atom. The number of carbonyl (C=O) groups excluding carboxylic acids is 1. The van der Waals surface area contributed by atoms with Crippen LogP contribution in [-0.4, -0.2) is 15.5 Å². The number of halogens is 2. The molecule has 146 valence electrons. The summed E-state index contributed by atoms with van der Waals surface area (Å²) in [5.41, 5.74) is 3.08. The first-order valence-electron chi connectivity index (χ1n) is 9.50. The molecule has 0 bridgehead atoms. The van der Waals surface area contributed by atoms with E-state index >= 15 is 0 Å². The van der Waals surface area contributed by atoms with Gasteiger partial charge in [-0.15, -0.1) is 0 Å². The van der Waals surface area contributed by atoms with Crippen LogP contribution in [-0.2, 0) is 0 Å². The third-order valence-electron chi connectivity index (χ3n) is 5.21. The van der Waals surface area contributed by atoms with E-state index in [1.54, 1.807) is 0 Å². The van der Waals surface area contributed by atoms with Crippen molar-refractivity contribution in [1.29, 1.82) is 0 Å². The van der Waals surface area contributed by atoms with E-state index in [2.05, 4.69) is 0 Å². The molecular formula is C25H16F2N2O. The first-order chi connectivity index (χ1) is 14.5. The van der Waals surface area contributed by atoms with Crippen molar-refractivity contribution in [3.63, 3.8) is 0 Å². The second kappa shape index (κ2) is 6.88. The molecular weight excluding hydrogens is 382 g/mol. The van der Waals surface area contributed by atoms with Gasteiger partial charge in [0.1, 0.15) is 5.82 Å². The Balaban J connectivity index is 1.83. The number of carbonyl (C=O) groups is 1. The first-order valence-corrected chi connectivity index (χ1v) is 9.50. The summed E-state index contributed by atoms with van der Waals surface area (Å²) in [6, 6.07) is 22.5. The molecule has 30 heavy (non-hydrogen) atoms. The Morgan fingerprint density at radius 1 is 0.867 bits per heavy atom. The largest absolute Gasteiger partial charge is 0.268 e. The second-order valence-corrected chi connectivity index (χ2v) is 7.22. The molecule has 0 saturated carbocycles. The molecule has 0 aliphatic heterocycles. The molecule has 0 amide bonds. The first kappa shape index (κ1) is 18.2. The molecule has 3 nitrogen and oxygen atoms in total. The van der Waals surface area contributed by atoms with Crippen molar-refractivity contribution >= 4 is 27.7 Å². The lowest BCUT2D eigenvalue weighted by atomic mass is 10.0. The van der Waals surface area contributed by atoms with Crippen LogP contribution in [0.25, 0.3) is 33.2 Å². The fraction of sp³-hybridized carbons (Fsp3) is 0.0400. The minimum atomic E-state index is -1.06. The summed E-state index contributed by atoms with van der Waals surface area (Å²) in [5, 5.41) is 1.97. The Hall–Kier alpha value is -3.86. The fourth-order valence-corrected chi connectivity index (χ4v) is 3.75. The van der Waals surface area contributed by atoms with E-state index < -0.39 is 17.5 Å². The summed E-state index contributed by atoms with van der Waals surface area (Å²) in [4.78, 5) is 18.2. The van der Waals surface area contributed by atoms with Gasteiger partial charge in [-0.25, -0.2) is 13.8 Å². The molecule has 1 heterocycles. The Bertz CT molecular complexity index is 1450. The minimum absolute atomic E-state index is 0.0520. The highest BCUT2D eigenvalue weighted by atomic mass is 19.2. The molecule has 5 heteroatoms. The van der Waals surface area contributed by atoms with Gasteiger partial charge >= 0.3 is 0 Å². The van der Waals surface area contributed by atoms with Gasteiger partial charge in [0.15, 0.2) is 11.6 Å². The monoisotopic (exact) mass is 398 g/mol. The molecule has 0 unspecified atom stereocenters. The summed E-state index contributed by atoms with van der Waals surface area (Å²) < 4.78 is 28.7. The smallest absolute Gasteiger partial charge is 0.264 e. The van der Waals surface area contributed by atoms with Crippen LogP contribution in [0.3, 0.4) is 0 Å². The standard InChI is InChI=1S/C25H16F2N2O/c1-15-9-12-22-23(13-15)29(25(30)17-10-11-20(26)21(27)14-17)24(28-22)19-8-4-6-16-5-2-3-7-18(16)19/h2-14H,1H3. The van der Waals surface area contributed by atoms with E-state index in [9.17, 15) is 13.6 Å². The maximum atomic E-state index is 13.8. The van der Waals surface area contributed by atoms with Gasteiger partial charge in [-0.1, -0.05) is 48.5 Å². The number of aromatic nitrogens is 2. The van der Waals surface area contributed by atoms with Gasteiger partial charge in [-0.2, -0.15) is 0 Å². The highest BCUT2D eigenvalue weighted by molar-refractivity contribution is 6.06. The molecule has 5 aromatic rings. The summed E-state index contributed by atoms with van der Waals surface area (Å²) in [6.45, 7) is 1.93. The molecule has 0 spiro atoms. The van der Waals surface area contributed by atoms with Gasteiger partial charge in [-0.3, -0.25) is 9.36 Å². The van der Waals surface area contributed by atoms with E-state index in [1.807, 2.05) is 67.6 Å². The molecule has 0 N–H and O–H groups in total. The van der Waals surface area contributed by atoms with Gasteiger partial charge in [0.05, 0.1) is 11.0 Å². The van der Waals surface area contributed by atoms with Crippen LogP contribution in [0.15, 0.2) is 78.9 Å². The highest BCUT2D eigenvalue weighted by Gasteiger charge is 2.22. The molecule has 0 fully saturated rings. The van der Waals surface area contributed by atoms with Crippen molar-refractivity contribution in [2.45, 2.75) is 6.92 Å². The number of imidazole rings is 1. The molecule has 1 aromatic heterocycles. The molecule has 0 aliphatic carbocycles. The van der Waals surface area contributed by atoms with Gasteiger partial charge in [0.25, 0.3) is 5.91 Å². The summed E-state index contributed by atoms with van der Waals surface area (Å²) in [5.74, 6) is -2.06. The predicted molar refractivity (Wildman–Crippen MR) is 113 cm³/mol. The van der Waals surface area contributed by atoms with Crippen LogP contribution < -0.4 is 0 Å². The summed E-state index contributed by atoms with van der Waals surface area (Å²) in [6.07, 6.45) is 0. The van der Waals surface area contributed by atoms with Gasteiger partial charge in [-0.05, 0) is 53.6 Å². The average Bonchev–Trinajstić information content (AvgIpc) is 3.13. The SMILES string of the molecule is Cc1ccc2nc(-c3cccc4ccccc34)n(C(=O)c3ccc(F)c(F)c3)c2c1. The zero-order valence-electron chi connectivity index (χ0n) is 16.1. The Labute approximate surface area is 171 Å². The molecule has 0 saturated heterocycles. The van der Waals surface area contributed by atoms with Crippen LogP contribution in [0.4, 0.5) is 8.78 Å².